The summed E-state index contributed by atoms with van der Waals surface area (Å²) in [6.07, 6.45) is 9.63. The first-order chi connectivity index (χ1) is 9.21. The SMILES string of the molecule is CC1CCC(CN)(CNC2CCN(C3CC3)C2)CC1. The van der Waals surface area contributed by atoms with Gasteiger partial charge in [0.25, 0.3) is 0 Å². The molecule has 0 radical (unpaired) electrons. The molecule has 3 N–H and O–H groups in total. The first-order valence-electron chi connectivity index (χ1n) is 8.38. The fourth-order valence-corrected chi connectivity index (χ4v) is 3.91. The fraction of sp³-hybridized carbons (Fsp3) is 1.00. The highest BCUT2D eigenvalue weighted by molar-refractivity contribution is 4.94. The molecule has 3 fully saturated rings. The average molecular weight is 265 g/mol. The highest BCUT2D eigenvalue weighted by Crippen LogP contribution is 2.38. The Kier molecular flexibility index (Phi) is 4.16. The highest BCUT2D eigenvalue weighted by atomic mass is 15.2. The van der Waals surface area contributed by atoms with Crippen LogP contribution in [0.5, 0.6) is 0 Å². The van der Waals surface area contributed by atoms with E-state index in [9.17, 15) is 0 Å². The lowest BCUT2D eigenvalue weighted by molar-refractivity contribution is 0.154. The molecule has 3 rings (SSSR count). The van der Waals surface area contributed by atoms with Crippen molar-refractivity contribution in [3.05, 3.63) is 0 Å². The normalized spacial score (nSPS) is 40.7. The van der Waals surface area contributed by atoms with Crippen LogP contribution in [0.4, 0.5) is 0 Å². The van der Waals surface area contributed by atoms with Gasteiger partial charge in [-0.15, -0.1) is 0 Å². The molecule has 3 aliphatic rings. The zero-order valence-electron chi connectivity index (χ0n) is 12.5. The van der Waals surface area contributed by atoms with Crippen molar-refractivity contribution in [2.75, 3.05) is 26.2 Å². The minimum atomic E-state index is 0.402. The third kappa shape index (κ3) is 3.32. The van der Waals surface area contributed by atoms with Gasteiger partial charge in [0, 0.05) is 31.7 Å². The summed E-state index contributed by atoms with van der Waals surface area (Å²) in [5.41, 5.74) is 6.51. The molecule has 0 aromatic carbocycles. The second-order valence-corrected chi connectivity index (χ2v) is 7.48. The maximum Gasteiger partial charge on any atom is 0.0207 e. The molecule has 110 valence electrons. The van der Waals surface area contributed by atoms with Gasteiger partial charge >= 0.3 is 0 Å². The van der Waals surface area contributed by atoms with Gasteiger partial charge in [0.1, 0.15) is 0 Å². The average Bonchev–Trinajstić information content (AvgIpc) is 3.18. The molecule has 2 saturated carbocycles. The van der Waals surface area contributed by atoms with Crippen LogP contribution in [0.15, 0.2) is 0 Å². The van der Waals surface area contributed by atoms with Crippen LogP contribution in [0.1, 0.15) is 51.9 Å². The number of hydrogen-bond donors (Lipinski definition) is 2. The van der Waals surface area contributed by atoms with E-state index < -0.39 is 0 Å². The number of hydrogen-bond acceptors (Lipinski definition) is 3. The summed E-state index contributed by atoms with van der Waals surface area (Å²) in [6, 6.07) is 1.66. The van der Waals surface area contributed by atoms with E-state index in [1.165, 1.54) is 58.0 Å². The summed E-state index contributed by atoms with van der Waals surface area (Å²) in [5, 5.41) is 3.85. The van der Waals surface area contributed by atoms with Gasteiger partial charge < -0.3 is 11.1 Å². The minimum Gasteiger partial charge on any atom is -0.330 e. The molecule has 0 aromatic heterocycles. The number of nitrogens with zero attached hydrogens (tertiary/aromatic N) is 1. The van der Waals surface area contributed by atoms with Crippen molar-refractivity contribution in [1.82, 2.24) is 10.2 Å². The third-order valence-electron chi connectivity index (χ3n) is 5.82. The second-order valence-electron chi connectivity index (χ2n) is 7.48. The van der Waals surface area contributed by atoms with Crippen LogP contribution in [-0.4, -0.2) is 43.2 Å². The van der Waals surface area contributed by atoms with Gasteiger partial charge in [-0.3, -0.25) is 4.90 Å². The third-order valence-corrected chi connectivity index (χ3v) is 5.82. The summed E-state index contributed by atoms with van der Waals surface area (Å²) < 4.78 is 0. The molecule has 0 aromatic rings. The van der Waals surface area contributed by atoms with E-state index in [1.54, 1.807) is 0 Å². The van der Waals surface area contributed by atoms with Gasteiger partial charge in [-0.1, -0.05) is 19.8 Å². The van der Waals surface area contributed by atoms with Crippen LogP contribution >= 0.6 is 0 Å². The Morgan fingerprint density at radius 3 is 2.53 bits per heavy atom. The quantitative estimate of drug-likeness (QED) is 0.798. The summed E-state index contributed by atoms with van der Waals surface area (Å²) in [7, 11) is 0. The van der Waals surface area contributed by atoms with Crippen LogP contribution in [0.2, 0.25) is 0 Å². The topological polar surface area (TPSA) is 41.3 Å². The molecule has 0 spiro atoms. The molecule has 1 unspecified atom stereocenters. The van der Waals surface area contributed by atoms with Crippen LogP contribution in [-0.2, 0) is 0 Å². The van der Waals surface area contributed by atoms with E-state index in [-0.39, 0.29) is 0 Å². The molecule has 1 heterocycles. The lowest BCUT2D eigenvalue weighted by Gasteiger charge is -2.39. The van der Waals surface area contributed by atoms with Crippen LogP contribution in [0.25, 0.3) is 0 Å². The van der Waals surface area contributed by atoms with E-state index in [2.05, 4.69) is 17.1 Å². The maximum absolute atomic E-state index is 6.10. The summed E-state index contributed by atoms with van der Waals surface area (Å²) in [6.45, 7) is 7.00. The van der Waals surface area contributed by atoms with Gasteiger partial charge in [0.15, 0.2) is 0 Å². The largest absolute Gasteiger partial charge is 0.330 e. The summed E-state index contributed by atoms with van der Waals surface area (Å²) >= 11 is 0. The number of nitrogens with two attached hydrogens (primary N) is 1. The van der Waals surface area contributed by atoms with Crippen molar-refractivity contribution in [1.29, 1.82) is 0 Å². The lowest BCUT2D eigenvalue weighted by atomic mass is 9.70. The van der Waals surface area contributed by atoms with Gasteiger partial charge in [0.2, 0.25) is 0 Å². The van der Waals surface area contributed by atoms with Crippen molar-refractivity contribution in [2.45, 2.75) is 64.0 Å². The monoisotopic (exact) mass is 265 g/mol. The van der Waals surface area contributed by atoms with Crippen molar-refractivity contribution in [3.63, 3.8) is 0 Å². The Morgan fingerprint density at radius 2 is 1.89 bits per heavy atom. The molecule has 1 aliphatic heterocycles. The lowest BCUT2D eigenvalue weighted by Crippen LogP contribution is -2.46. The zero-order chi connectivity index (χ0) is 13.3. The molecular weight excluding hydrogens is 234 g/mol. The molecule has 0 amide bonds. The van der Waals surface area contributed by atoms with Crippen molar-refractivity contribution < 1.29 is 0 Å². The standard InChI is InChI=1S/C16H31N3/c1-13-4-7-16(11-17,8-5-13)12-18-14-6-9-19(10-14)15-2-3-15/h13-15,18H,2-12,17H2,1H3. The Hall–Kier alpha value is -0.120. The Morgan fingerprint density at radius 1 is 1.16 bits per heavy atom. The highest BCUT2D eigenvalue weighted by Gasteiger charge is 2.36. The van der Waals surface area contributed by atoms with Crippen molar-refractivity contribution >= 4 is 0 Å². The molecule has 19 heavy (non-hydrogen) atoms. The van der Waals surface area contributed by atoms with Crippen LogP contribution in [0, 0.1) is 11.3 Å². The van der Waals surface area contributed by atoms with Gasteiger partial charge in [-0.2, -0.15) is 0 Å². The van der Waals surface area contributed by atoms with E-state index >= 15 is 0 Å². The first kappa shape index (κ1) is 13.8. The molecule has 2 aliphatic carbocycles. The molecule has 1 saturated heterocycles. The number of rotatable bonds is 5. The molecular formula is C16H31N3. The van der Waals surface area contributed by atoms with Gasteiger partial charge in [0.05, 0.1) is 0 Å². The Bertz CT molecular complexity index is 292. The zero-order valence-corrected chi connectivity index (χ0v) is 12.5. The maximum atomic E-state index is 6.10. The van der Waals surface area contributed by atoms with Crippen molar-refractivity contribution in [3.8, 4) is 0 Å². The minimum absolute atomic E-state index is 0.402. The van der Waals surface area contributed by atoms with E-state index in [0.717, 1.165) is 31.1 Å². The second kappa shape index (κ2) is 5.71. The molecule has 3 heteroatoms. The molecule has 0 bridgehead atoms. The van der Waals surface area contributed by atoms with E-state index in [1.807, 2.05) is 0 Å². The van der Waals surface area contributed by atoms with Gasteiger partial charge in [-0.05, 0) is 50.0 Å². The summed E-state index contributed by atoms with van der Waals surface area (Å²) in [5.74, 6) is 0.913. The van der Waals surface area contributed by atoms with Crippen molar-refractivity contribution in [2.24, 2.45) is 17.1 Å². The predicted molar refractivity (Wildman–Crippen MR) is 80.1 cm³/mol. The smallest absolute Gasteiger partial charge is 0.0207 e. The molecule has 3 nitrogen and oxygen atoms in total. The predicted octanol–water partition coefficient (Wildman–Crippen LogP) is 1.97. The first-order valence-corrected chi connectivity index (χ1v) is 8.38. The fourth-order valence-electron chi connectivity index (χ4n) is 3.91. The van der Waals surface area contributed by atoms with E-state index in [0.29, 0.717) is 5.41 Å². The number of nitrogens with one attached hydrogen (secondary N) is 1. The Labute approximate surface area is 118 Å². The molecule has 1 atom stereocenters. The van der Waals surface area contributed by atoms with E-state index in [4.69, 9.17) is 5.73 Å². The van der Waals surface area contributed by atoms with Gasteiger partial charge in [-0.25, -0.2) is 0 Å². The summed E-state index contributed by atoms with van der Waals surface area (Å²) in [4.78, 5) is 2.69. The van der Waals surface area contributed by atoms with Crippen LogP contribution < -0.4 is 11.1 Å². The Balaban J connectivity index is 1.45. The van der Waals surface area contributed by atoms with Crippen LogP contribution in [0.3, 0.4) is 0 Å². The number of likely N-dealkylation sites (tertiary alicyclic amines) is 1.